The van der Waals surface area contributed by atoms with Gasteiger partial charge >= 0.3 is 13.6 Å². The van der Waals surface area contributed by atoms with Crippen molar-refractivity contribution in [2.75, 3.05) is 19.8 Å². The van der Waals surface area contributed by atoms with Crippen molar-refractivity contribution in [2.45, 2.75) is 47.2 Å². The third-order valence-corrected chi connectivity index (χ3v) is 5.73. The van der Waals surface area contributed by atoms with E-state index in [1.54, 1.807) is 20.8 Å². The Bertz CT molecular complexity index is 697. The van der Waals surface area contributed by atoms with E-state index in [4.69, 9.17) is 18.2 Å². The van der Waals surface area contributed by atoms with E-state index in [1.165, 1.54) is 19.9 Å². The summed E-state index contributed by atoms with van der Waals surface area (Å²) in [6.07, 6.45) is -0.179. The van der Waals surface area contributed by atoms with Gasteiger partial charge in [-0.05, 0) is 47.1 Å². The molecule has 8 nitrogen and oxygen atoms in total. The number of carbonyl (C=O) groups is 3. The minimum atomic E-state index is -3.45. The molecule has 0 unspecified atom stereocenters. The van der Waals surface area contributed by atoms with Crippen LogP contribution in [0.1, 0.15) is 56.5 Å². The molecular weight excluding hydrogens is 375 g/mol. The van der Waals surface area contributed by atoms with Crippen LogP contribution in [-0.4, -0.2) is 37.4 Å². The molecule has 0 bridgehead atoms. The summed E-state index contributed by atoms with van der Waals surface area (Å²) in [6.45, 7) is 8.16. The number of hydrogen-bond acceptors (Lipinski definition) is 8. The van der Waals surface area contributed by atoms with E-state index in [0.29, 0.717) is 5.56 Å². The van der Waals surface area contributed by atoms with Gasteiger partial charge in [-0.25, -0.2) is 4.79 Å². The molecule has 27 heavy (non-hydrogen) atoms. The summed E-state index contributed by atoms with van der Waals surface area (Å²) in [7, 11) is -3.45. The zero-order chi connectivity index (χ0) is 20.6. The Labute approximate surface area is 159 Å². The molecule has 0 N–H and O–H groups in total. The summed E-state index contributed by atoms with van der Waals surface area (Å²) >= 11 is 0. The Kier molecular flexibility index (Phi) is 9.09. The lowest BCUT2D eigenvalue weighted by Crippen LogP contribution is -2.22. The van der Waals surface area contributed by atoms with Crippen molar-refractivity contribution < 1.29 is 37.2 Å². The first kappa shape index (κ1) is 23.3. The van der Waals surface area contributed by atoms with E-state index in [1.807, 2.05) is 0 Å². The summed E-state index contributed by atoms with van der Waals surface area (Å²) in [5.74, 6) is -2.15. The van der Waals surface area contributed by atoms with Crippen LogP contribution in [0.3, 0.4) is 0 Å². The average molecular weight is 402 g/mol. The van der Waals surface area contributed by atoms with Gasteiger partial charge in [-0.15, -0.1) is 0 Å². The fourth-order valence-electron chi connectivity index (χ4n) is 2.59. The number of Topliss-reactive ketones (excluding diaryl/α,β-unsaturated/α-hetero) is 2. The van der Waals surface area contributed by atoms with Gasteiger partial charge in [-0.1, -0.05) is 0 Å². The summed E-state index contributed by atoms with van der Waals surface area (Å²) in [4.78, 5) is 35.7. The SMILES string of the molecule is CCOC(=O)c1oc(CP(=O)(OCC)OCC)cc1CC(C(C)=O)C(C)=O. The molecule has 9 heteroatoms. The van der Waals surface area contributed by atoms with Gasteiger partial charge in [0.1, 0.15) is 23.5 Å². The van der Waals surface area contributed by atoms with E-state index in [-0.39, 0.29) is 55.5 Å². The van der Waals surface area contributed by atoms with E-state index in [2.05, 4.69) is 0 Å². The summed E-state index contributed by atoms with van der Waals surface area (Å²) in [5, 5.41) is 0. The fraction of sp³-hybridized carbons (Fsp3) is 0.611. The van der Waals surface area contributed by atoms with Crippen molar-refractivity contribution in [1.29, 1.82) is 0 Å². The fourth-order valence-corrected chi connectivity index (χ4v) is 4.17. The molecule has 0 atom stereocenters. The highest BCUT2D eigenvalue weighted by Crippen LogP contribution is 2.51. The zero-order valence-electron chi connectivity index (χ0n) is 16.4. The van der Waals surface area contributed by atoms with Crippen molar-refractivity contribution in [3.8, 4) is 0 Å². The number of hydrogen-bond donors (Lipinski definition) is 0. The van der Waals surface area contributed by atoms with E-state index in [9.17, 15) is 18.9 Å². The summed E-state index contributed by atoms with van der Waals surface area (Å²) < 4.78 is 33.7. The molecule has 0 saturated heterocycles. The largest absolute Gasteiger partial charge is 0.460 e. The number of rotatable bonds is 12. The van der Waals surface area contributed by atoms with E-state index >= 15 is 0 Å². The first-order valence-electron chi connectivity index (χ1n) is 8.85. The minimum absolute atomic E-state index is 0.00408. The van der Waals surface area contributed by atoms with E-state index in [0.717, 1.165) is 0 Å². The second-order valence-electron chi connectivity index (χ2n) is 5.87. The molecule has 0 spiro atoms. The quantitative estimate of drug-likeness (QED) is 0.297. The molecule has 0 aliphatic carbocycles. The lowest BCUT2D eigenvalue weighted by Gasteiger charge is -2.15. The molecule has 0 aliphatic rings. The topological polar surface area (TPSA) is 109 Å². The van der Waals surface area contributed by atoms with Crippen molar-refractivity contribution >= 4 is 25.1 Å². The predicted molar refractivity (Wildman–Crippen MR) is 97.8 cm³/mol. The van der Waals surface area contributed by atoms with Crippen molar-refractivity contribution in [2.24, 2.45) is 5.92 Å². The molecular formula is C18H27O8P. The zero-order valence-corrected chi connectivity index (χ0v) is 17.3. The van der Waals surface area contributed by atoms with Crippen LogP contribution in [-0.2, 0) is 40.5 Å². The Morgan fingerprint density at radius 1 is 1.04 bits per heavy atom. The van der Waals surface area contributed by atoms with Gasteiger partial charge in [0.05, 0.1) is 25.7 Å². The Morgan fingerprint density at radius 2 is 1.59 bits per heavy atom. The molecule has 0 amide bonds. The maximum Gasteiger partial charge on any atom is 0.374 e. The molecule has 1 rings (SSSR count). The van der Waals surface area contributed by atoms with Gasteiger partial charge in [0, 0.05) is 5.56 Å². The van der Waals surface area contributed by atoms with E-state index < -0.39 is 19.5 Å². The van der Waals surface area contributed by atoms with Gasteiger partial charge in [0.2, 0.25) is 5.76 Å². The van der Waals surface area contributed by atoms with Crippen molar-refractivity contribution in [3.63, 3.8) is 0 Å². The van der Waals surface area contributed by atoms with Crippen LogP contribution in [0.25, 0.3) is 0 Å². The minimum Gasteiger partial charge on any atom is -0.460 e. The molecule has 1 heterocycles. The number of esters is 1. The van der Waals surface area contributed by atoms with Crippen molar-refractivity contribution in [1.82, 2.24) is 0 Å². The molecule has 0 aromatic carbocycles. The Balaban J connectivity index is 3.25. The molecule has 0 saturated carbocycles. The number of ketones is 2. The van der Waals surface area contributed by atoms with Crippen LogP contribution >= 0.6 is 7.60 Å². The predicted octanol–water partition coefficient (Wildman–Crippen LogP) is 3.56. The summed E-state index contributed by atoms with van der Waals surface area (Å²) in [5.41, 5.74) is 0.346. The van der Waals surface area contributed by atoms with Crippen LogP contribution in [0.4, 0.5) is 0 Å². The molecule has 152 valence electrons. The van der Waals surface area contributed by atoms with Crippen LogP contribution < -0.4 is 0 Å². The Morgan fingerprint density at radius 3 is 2.04 bits per heavy atom. The van der Waals surface area contributed by atoms with Crippen LogP contribution in [0.15, 0.2) is 10.5 Å². The maximum absolute atomic E-state index is 12.7. The smallest absolute Gasteiger partial charge is 0.374 e. The number of furan rings is 1. The highest BCUT2D eigenvalue weighted by Gasteiger charge is 2.31. The lowest BCUT2D eigenvalue weighted by molar-refractivity contribution is -0.130. The van der Waals surface area contributed by atoms with Gasteiger partial charge in [-0.2, -0.15) is 0 Å². The monoisotopic (exact) mass is 402 g/mol. The first-order chi connectivity index (χ1) is 12.7. The van der Waals surface area contributed by atoms with Crippen LogP contribution in [0.2, 0.25) is 0 Å². The molecule has 1 aromatic rings. The van der Waals surface area contributed by atoms with Crippen molar-refractivity contribution in [3.05, 3.63) is 23.2 Å². The summed E-state index contributed by atoms with van der Waals surface area (Å²) in [6, 6.07) is 1.50. The third-order valence-electron chi connectivity index (χ3n) is 3.73. The number of ether oxygens (including phenoxy) is 1. The molecule has 0 aliphatic heterocycles. The molecule has 1 aromatic heterocycles. The van der Waals surface area contributed by atoms with Crippen LogP contribution in [0.5, 0.6) is 0 Å². The normalized spacial score (nSPS) is 11.6. The van der Waals surface area contributed by atoms with Gasteiger partial charge in [0.25, 0.3) is 0 Å². The highest BCUT2D eigenvalue weighted by molar-refractivity contribution is 7.53. The van der Waals surface area contributed by atoms with Crippen LogP contribution in [0, 0.1) is 5.92 Å². The lowest BCUT2D eigenvalue weighted by atomic mass is 9.92. The van der Waals surface area contributed by atoms with Gasteiger partial charge in [-0.3, -0.25) is 14.2 Å². The standard InChI is InChI=1S/C18H27O8P/c1-6-23-18(21)17-14(10-16(12(4)19)13(5)20)9-15(26-17)11-27(22,24-7-2)25-8-3/h9,16H,6-8,10-11H2,1-5H3. The average Bonchev–Trinajstić information content (AvgIpc) is 2.94. The number of carbonyl (C=O) groups excluding carboxylic acids is 3. The Hall–Kier alpha value is -1.76. The second-order valence-corrected chi connectivity index (χ2v) is 7.92. The molecule has 0 radical (unpaired) electrons. The van der Waals surface area contributed by atoms with Gasteiger partial charge < -0.3 is 18.2 Å². The maximum atomic E-state index is 12.7. The first-order valence-corrected chi connectivity index (χ1v) is 10.6. The molecule has 0 fully saturated rings. The highest BCUT2D eigenvalue weighted by atomic mass is 31.2. The third kappa shape index (κ3) is 6.72. The van der Waals surface area contributed by atoms with Gasteiger partial charge in [0.15, 0.2) is 0 Å². The second kappa shape index (κ2) is 10.5.